The van der Waals surface area contributed by atoms with Crippen molar-refractivity contribution < 1.29 is 0 Å². The van der Waals surface area contributed by atoms with Crippen LogP contribution in [0.1, 0.15) is 0 Å². The summed E-state index contributed by atoms with van der Waals surface area (Å²) in [5, 5.41) is 6.31. The summed E-state index contributed by atoms with van der Waals surface area (Å²) >= 11 is 1.73. The monoisotopic (exact) mass is 205 g/mol. The number of nitrogens with one attached hydrogen (secondary N) is 1. The zero-order valence-electron chi connectivity index (χ0n) is 7.82. The first-order valence-corrected chi connectivity index (χ1v) is 5.14. The molecule has 0 saturated heterocycles. The molecule has 0 unspecified atom stereocenters. The molecule has 0 bridgehead atoms. The van der Waals surface area contributed by atoms with Gasteiger partial charge in [-0.25, -0.2) is 0 Å². The van der Waals surface area contributed by atoms with Crippen LogP contribution in [0.25, 0.3) is 10.1 Å². The normalized spacial score (nSPS) is 11.9. The van der Waals surface area contributed by atoms with Crippen LogP contribution in [0.4, 0.5) is 5.69 Å². The lowest BCUT2D eigenvalue weighted by Gasteiger charge is -2.03. The average Bonchev–Trinajstić information content (AvgIpc) is 2.64. The van der Waals surface area contributed by atoms with Crippen LogP contribution in [0, 0.1) is 0 Å². The second kappa shape index (κ2) is 3.67. The van der Waals surface area contributed by atoms with Crippen LogP contribution >= 0.6 is 11.3 Å². The Labute approximate surface area is 86.3 Å². The van der Waals surface area contributed by atoms with Crippen molar-refractivity contribution >= 4 is 33.1 Å². The van der Waals surface area contributed by atoms with Crippen LogP contribution < -0.4 is 11.1 Å². The van der Waals surface area contributed by atoms with Crippen molar-refractivity contribution in [1.29, 1.82) is 0 Å². The van der Waals surface area contributed by atoms with E-state index < -0.39 is 0 Å². The van der Waals surface area contributed by atoms with E-state index in [0.29, 0.717) is 5.96 Å². The minimum Gasteiger partial charge on any atom is -0.370 e. The van der Waals surface area contributed by atoms with E-state index >= 15 is 0 Å². The molecule has 2 rings (SSSR count). The summed E-state index contributed by atoms with van der Waals surface area (Å²) in [5.74, 6) is 0.430. The molecule has 0 aliphatic carbocycles. The molecule has 3 nitrogen and oxygen atoms in total. The number of nitrogens with two attached hydrogens (primary N) is 1. The van der Waals surface area contributed by atoms with Crippen LogP contribution in [0.5, 0.6) is 0 Å². The summed E-state index contributed by atoms with van der Waals surface area (Å²) < 4.78 is 1.28. The SMILES string of the molecule is CN=C(N)Nc1ccc2sccc2c1. The number of fused-ring (bicyclic) bond motifs is 1. The van der Waals surface area contributed by atoms with Crippen LogP contribution in [-0.4, -0.2) is 13.0 Å². The Balaban J connectivity index is 2.34. The summed E-state index contributed by atoms with van der Waals surface area (Å²) in [4.78, 5) is 3.84. The number of nitrogens with zero attached hydrogens (tertiary/aromatic N) is 1. The minimum atomic E-state index is 0.430. The zero-order valence-corrected chi connectivity index (χ0v) is 8.64. The molecular weight excluding hydrogens is 194 g/mol. The largest absolute Gasteiger partial charge is 0.370 e. The number of hydrogen-bond donors (Lipinski definition) is 2. The van der Waals surface area contributed by atoms with Crippen molar-refractivity contribution in [2.75, 3.05) is 12.4 Å². The molecular formula is C10H11N3S. The number of rotatable bonds is 1. The molecule has 0 aliphatic heterocycles. The van der Waals surface area contributed by atoms with Gasteiger partial charge < -0.3 is 11.1 Å². The third kappa shape index (κ3) is 1.70. The molecule has 0 fully saturated rings. The molecule has 0 saturated carbocycles. The summed E-state index contributed by atoms with van der Waals surface area (Å²) in [6.07, 6.45) is 0. The first-order valence-electron chi connectivity index (χ1n) is 4.26. The summed E-state index contributed by atoms with van der Waals surface area (Å²) in [5.41, 5.74) is 6.54. The zero-order chi connectivity index (χ0) is 9.97. The highest BCUT2D eigenvalue weighted by Crippen LogP contribution is 2.23. The topological polar surface area (TPSA) is 50.4 Å². The van der Waals surface area contributed by atoms with E-state index in [4.69, 9.17) is 5.73 Å². The molecule has 0 aliphatic rings. The number of aliphatic imine (C=N–C) groups is 1. The Hall–Kier alpha value is -1.55. The van der Waals surface area contributed by atoms with Gasteiger partial charge in [-0.3, -0.25) is 4.99 Å². The lowest BCUT2D eigenvalue weighted by molar-refractivity contribution is 1.38. The van der Waals surface area contributed by atoms with Crippen molar-refractivity contribution in [1.82, 2.24) is 0 Å². The first kappa shape index (κ1) is 9.02. The highest BCUT2D eigenvalue weighted by molar-refractivity contribution is 7.17. The van der Waals surface area contributed by atoms with Crippen molar-refractivity contribution in [3.63, 3.8) is 0 Å². The van der Waals surface area contributed by atoms with Gasteiger partial charge >= 0.3 is 0 Å². The van der Waals surface area contributed by atoms with Gasteiger partial charge in [0.1, 0.15) is 0 Å². The van der Waals surface area contributed by atoms with Gasteiger partial charge in [0.15, 0.2) is 5.96 Å². The first-order chi connectivity index (χ1) is 6.79. The van der Waals surface area contributed by atoms with E-state index in [1.165, 1.54) is 10.1 Å². The fourth-order valence-corrected chi connectivity index (χ4v) is 2.02. The van der Waals surface area contributed by atoms with Crippen molar-refractivity contribution in [2.45, 2.75) is 0 Å². The number of thiophene rings is 1. The van der Waals surface area contributed by atoms with Gasteiger partial charge in [-0.05, 0) is 35.0 Å². The minimum absolute atomic E-state index is 0.430. The summed E-state index contributed by atoms with van der Waals surface area (Å²) in [7, 11) is 1.66. The molecule has 1 aromatic carbocycles. The highest BCUT2D eigenvalue weighted by atomic mass is 32.1. The predicted molar refractivity (Wildman–Crippen MR) is 63.0 cm³/mol. The standard InChI is InChI=1S/C10H11N3S/c1-12-10(11)13-8-2-3-9-7(6-8)4-5-14-9/h2-6H,1H3,(H3,11,12,13). The van der Waals surface area contributed by atoms with E-state index in [2.05, 4.69) is 33.9 Å². The Morgan fingerprint density at radius 1 is 1.43 bits per heavy atom. The maximum Gasteiger partial charge on any atom is 0.192 e. The smallest absolute Gasteiger partial charge is 0.192 e. The fraction of sp³-hybridized carbons (Fsp3) is 0.100. The molecule has 0 amide bonds. The molecule has 14 heavy (non-hydrogen) atoms. The van der Waals surface area contributed by atoms with Crippen molar-refractivity contribution in [2.24, 2.45) is 10.7 Å². The third-order valence-electron chi connectivity index (χ3n) is 1.97. The van der Waals surface area contributed by atoms with E-state index in [1.807, 2.05) is 6.07 Å². The quantitative estimate of drug-likeness (QED) is 0.554. The third-order valence-corrected chi connectivity index (χ3v) is 2.86. The van der Waals surface area contributed by atoms with Gasteiger partial charge in [0.05, 0.1) is 0 Å². The van der Waals surface area contributed by atoms with Crippen LogP contribution in [0.2, 0.25) is 0 Å². The van der Waals surface area contributed by atoms with Gasteiger partial charge in [-0.1, -0.05) is 0 Å². The van der Waals surface area contributed by atoms with E-state index in [9.17, 15) is 0 Å². The van der Waals surface area contributed by atoms with E-state index in [0.717, 1.165) is 5.69 Å². The Morgan fingerprint density at radius 2 is 2.29 bits per heavy atom. The number of anilines is 1. The van der Waals surface area contributed by atoms with Crippen LogP contribution in [-0.2, 0) is 0 Å². The number of hydrogen-bond acceptors (Lipinski definition) is 2. The number of guanidine groups is 1. The maximum atomic E-state index is 5.57. The van der Waals surface area contributed by atoms with Gasteiger partial charge in [-0.15, -0.1) is 11.3 Å². The highest BCUT2D eigenvalue weighted by Gasteiger charge is 1.97. The second-order valence-electron chi connectivity index (χ2n) is 2.91. The average molecular weight is 205 g/mol. The second-order valence-corrected chi connectivity index (χ2v) is 3.85. The van der Waals surface area contributed by atoms with E-state index in [1.54, 1.807) is 18.4 Å². The lowest BCUT2D eigenvalue weighted by Crippen LogP contribution is -2.21. The Morgan fingerprint density at radius 3 is 3.07 bits per heavy atom. The molecule has 72 valence electrons. The van der Waals surface area contributed by atoms with Gasteiger partial charge in [-0.2, -0.15) is 0 Å². The van der Waals surface area contributed by atoms with Crippen molar-refractivity contribution in [3.8, 4) is 0 Å². The molecule has 1 heterocycles. The molecule has 1 aromatic heterocycles. The summed E-state index contributed by atoms with van der Waals surface area (Å²) in [6, 6.07) is 8.22. The number of benzene rings is 1. The lowest BCUT2D eigenvalue weighted by atomic mass is 10.2. The molecule has 2 aromatic rings. The Kier molecular flexibility index (Phi) is 2.37. The van der Waals surface area contributed by atoms with Crippen molar-refractivity contribution in [3.05, 3.63) is 29.6 Å². The Bertz CT molecular complexity index is 473. The molecule has 3 N–H and O–H groups in total. The van der Waals surface area contributed by atoms with Gasteiger partial charge in [0.2, 0.25) is 0 Å². The molecule has 0 radical (unpaired) electrons. The maximum absolute atomic E-state index is 5.57. The summed E-state index contributed by atoms with van der Waals surface area (Å²) in [6.45, 7) is 0. The fourth-order valence-electron chi connectivity index (χ4n) is 1.25. The predicted octanol–water partition coefficient (Wildman–Crippen LogP) is 2.26. The van der Waals surface area contributed by atoms with Gasteiger partial charge in [0.25, 0.3) is 0 Å². The van der Waals surface area contributed by atoms with Gasteiger partial charge in [0, 0.05) is 17.4 Å². The van der Waals surface area contributed by atoms with Crippen LogP contribution in [0.15, 0.2) is 34.6 Å². The van der Waals surface area contributed by atoms with E-state index in [-0.39, 0.29) is 0 Å². The molecule has 4 heteroatoms. The molecule has 0 spiro atoms. The van der Waals surface area contributed by atoms with Crippen LogP contribution in [0.3, 0.4) is 0 Å². The molecule has 0 atom stereocenters.